The number of amidine groups is 1. The van der Waals surface area contributed by atoms with E-state index in [4.69, 9.17) is 16.0 Å². The maximum Gasteiger partial charge on any atom is 0.173 e. The zero-order chi connectivity index (χ0) is 13.8. The molecule has 1 aliphatic carbocycles. The Labute approximate surface area is 111 Å². The molecule has 1 aromatic carbocycles. The number of nitrogens with two attached hydrogens (primary N) is 1. The van der Waals surface area contributed by atoms with Crippen molar-refractivity contribution in [3.05, 3.63) is 35.1 Å². The van der Waals surface area contributed by atoms with Crippen molar-refractivity contribution in [2.24, 2.45) is 10.9 Å². The number of rotatable bonds is 6. The zero-order valence-electron chi connectivity index (χ0n) is 10.6. The standard InChI is InChI=1S/C13H18FN3O2/c14-12-9(2-1-3-11(12)13(15)16-19)8-17(6-7-18)10-4-5-10/h1-3,10,18-19H,4-8H2,(H2,15,16). The van der Waals surface area contributed by atoms with Gasteiger partial charge >= 0.3 is 0 Å². The van der Waals surface area contributed by atoms with Gasteiger partial charge in [-0.05, 0) is 18.9 Å². The molecule has 2 rings (SSSR count). The van der Waals surface area contributed by atoms with E-state index in [2.05, 4.69) is 10.1 Å². The van der Waals surface area contributed by atoms with Crippen LogP contribution in [0.1, 0.15) is 24.0 Å². The molecule has 0 unspecified atom stereocenters. The highest BCUT2D eigenvalue weighted by Crippen LogP contribution is 2.28. The minimum Gasteiger partial charge on any atom is -0.409 e. The van der Waals surface area contributed by atoms with Gasteiger partial charge in [0, 0.05) is 24.7 Å². The Bertz CT molecular complexity index is 475. The molecule has 0 aromatic heterocycles. The van der Waals surface area contributed by atoms with Crippen LogP contribution in [0.4, 0.5) is 4.39 Å². The Morgan fingerprint density at radius 2 is 2.21 bits per heavy atom. The third kappa shape index (κ3) is 3.21. The van der Waals surface area contributed by atoms with Gasteiger partial charge in [-0.15, -0.1) is 0 Å². The maximum atomic E-state index is 14.2. The van der Waals surface area contributed by atoms with Gasteiger partial charge in [-0.1, -0.05) is 17.3 Å². The molecule has 19 heavy (non-hydrogen) atoms. The molecule has 0 atom stereocenters. The SMILES string of the molecule is N/C(=N/O)c1cccc(CN(CCO)C2CC2)c1F. The largest absolute Gasteiger partial charge is 0.409 e. The number of nitrogens with zero attached hydrogens (tertiary/aromatic N) is 2. The number of oxime groups is 1. The van der Waals surface area contributed by atoms with E-state index in [0.29, 0.717) is 24.7 Å². The molecule has 104 valence electrons. The van der Waals surface area contributed by atoms with Gasteiger partial charge < -0.3 is 16.0 Å². The van der Waals surface area contributed by atoms with E-state index >= 15 is 0 Å². The first kappa shape index (κ1) is 13.8. The number of hydrogen-bond acceptors (Lipinski definition) is 4. The zero-order valence-corrected chi connectivity index (χ0v) is 10.6. The van der Waals surface area contributed by atoms with Crippen molar-refractivity contribution in [2.45, 2.75) is 25.4 Å². The van der Waals surface area contributed by atoms with Gasteiger partial charge in [0.1, 0.15) is 5.82 Å². The lowest BCUT2D eigenvalue weighted by atomic mass is 10.1. The molecule has 5 nitrogen and oxygen atoms in total. The number of benzene rings is 1. The topological polar surface area (TPSA) is 82.1 Å². The Morgan fingerprint density at radius 1 is 1.47 bits per heavy atom. The predicted octanol–water partition coefficient (Wildman–Crippen LogP) is 0.877. The van der Waals surface area contributed by atoms with Crippen LogP contribution in [0, 0.1) is 5.82 Å². The fourth-order valence-electron chi connectivity index (χ4n) is 2.13. The minimum atomic E-state index is -0.471. The molecular weight excluding hydrogens is 249 g/mol. The average Bonchev–Trinajstić information content (AvgIpc) is 3.24. The van der Waals surface area contributed by atoms with Crippen LogP contribution in [0.3, 0.4) is 0 Å². The first-order valence-corrected chi connectivity index (χ1v) is 6.27. The summed E-state index contributed by atoms with van der Waals surface area (Å²) in [4.78, 5) is 2.05. The van der Waals surface area contributed by atoms with Crippen LogP contribution in [-0.2, 0) is 6.54 Å². The van der Waals surface area contributed by atoms with E-state index in [0.717, 1.165) is 12.8 Å². The third-order valence-corrected chi connectivity index (χ3v) is 3.29. The summed E-state index contributed by atoms with van der Waals surface area (Å²) in [6.45, 7) is 1.000. The fourth-order valence-corrected chi connectivity index (χ4v) is 2.13. The van der Waals surface area contributed by atoms with Crippen molar-refractivity contribution < 1.29 is 14.7 Å². The Morgan fingerprint density at radius 3 is 2.79 bits per heavy atom. The molecule has 1 saturated carbocycles. The molecule has 4 N–H and O–H groups in total. The van der Waals surface area contributed by atoms with Gasteiger partial charge in [0.25, 0.3) is 0 Å². The fraction of sp³-hybridized carbons (Fsp3) is 0.462. The van der Waals surface area contributed by atoms with Gasteiger partial charge in [0.05, 0.1) is 12.2 Å². The van der Waals surface area contributed by atoms with Crippen LogP contribution >= 0.6 is 0 Å². The van der Waals surface area contributed by atoms with Crippen LogP contribution in [0.25, 0.3) is 0 Å². The molecule has 1 aliphatic rings. The van der Waals surface area contributed by atoms with Crippen LogP contribution in [0.15, 0.2) is 23.4 Å². The minimum absolute atomic E-state index is 0.0536. The summed E-state index contributed by atoms with van der Waals surface area (Å²) < 4.78 is 14.2. The van der Waals surface area contributed by atoms with E-state index in [-0.39, 0.29) is 18.0 Å². The number of hydrogen-bond donors (Lipinski definition) is 3. The average molecular weight is 267 g/mol. The summed E-state index contributed by atoms with van der Waals surface area (Å²) in [5.74, 6) is -0.708. The van der Waals surface area contributed by atoms with Gasteiger partial charge in [0.2, 0.25) is 0 Å². The molecule has 6 heteroatoms. The van der Waals surface area contributed by atoms with E-state index in [1.54, 1.807) is 12.1 Å². The molecule has 0 spiro atoms. The van der Waals surface area contributed by atoms with E-state index in [1.165, 1.54) is 6.07 Å². The molecule has 0 amide bonds. The smallest absolute Gasteiger partial charge is 0.173 e. The van der Waals surface area contributed by atoms with Gasteiger partial charge in [-0.25, -0.2) is 4.39 Å². The summed E-state index contributed by atoms with van der Waals surface area (Å²) in [6.07, 6.45) is 2.17. The normalized spacial score (nSPS) is 16.1. The Hall–Kier alpha value is -1.66. The summed E-state index contributed by atoms with van der Waals surface area (Å²) in [5.41, 5.74) is 6.02. The van der Waals surface area contributed by atoms with Crippen molar-refractivity contribution in [2.75, 3.05) is 13.2 Å². The molecule has 0 heterocycles. The second-order valence-electron chi connectivity index (χ2n) is 4.69. The van der Waals surface area contributed by atoms with Crippen molar-refractivity contribution in [1.82, 2.24) is 4.90 Å². The van der Waals surface area contributed by atoms with Gasteiger partial charge in [-0.2, -0.15) is 0 Å². The maximum absolute atomic E-state index is 14.2. The van der Waals surface area contributed by atoms with Crippen molar-refractivity contribution in [1.29, 1.82) is 0 Å². The molecule has 0 aliphatic heterocycles. The van der Waals surface area contributed by atoms with Gasteiger partial charge in [-0.3, -0.25) is 4.90 Å². The quantitative estimate of drug-likeness (QED) is 0.309. The lowest BCUT2D eigenvalue weighted by Crippen LogP contribution is -2.29. The molecule has 0 bridgehead atoms. The van der Waals surface area contributed by atoms with E-state index in [1.807, 2.05) is 0 Å². The molecule has 0 saturated heterocycles. The predicted molar refractivity (Wildman–Crippen MR) is 69.4 cm³/mol. The second-order valence-corrected chi connectivity index (χ2v) is 4.69. The number of aliphatic hydroxyl groups excluding tert-OH is 1. The van der Waals surface area contributed by atoms with Crippen LogP contribution in [0.2, 0.25) is 0 Å². The van der Waals surface area contributed by atoms with Crippen molar-refractivity contribution in [3.63, 3.8) is 0 Å². The monoisotopic (exact) mass is 267 g/mol. The molecule has 0 radical (unpaired) electrons. The molecular formula is C13H18FN3O2. The summed E-state index contributed by atoms with van der Waals surface area (Å²) in [7, 11) is 0. The number of aliphatic hydroxyl groups is 1. The lowest BCUT2D eigenvalue weighted by molar-refractivity contribution is 0.182. The number of halogens is 1. The molecule has 1 fully saturated rings. The van der Waals surface area contributed by atoms with Crippen LogP contribution in [0.5, 0.6) is 0 Å². The van der Waals surface area contributed by atoms with Crippen molar-refractivity contribution in [3.8, 4) is 0 Å². The first-order valence-electron chi connectivity index (χ1n) is 6.27. The highest BCUT2D eigenvalue weighted by molar-refractivity contribution is 5.97. The Balaban J connectivity index is 2.19. The molecule has 1 aromatic rings. The Kier molecular flexibility index (Phi) is 4.34. The van der Waals surface area contributed by atoms with Crippen LogP contribution in [-0.4, -0.2) is 40.2 Å². The van der Waals surface area contributed by atoms with E-state index < -0.39 is 5.82 Å². The third-order valence-electron chi connectivity index (χ3n) is 3.29. The highest BCUT2D eigenvalue weighted by atomic mass is 19.1. The van der Waals surface area contributed by atoms with Crippen LogP contribution < -0.4 is 5.73 Å². The highest BCUT2D eigenvalue weighted by Gasteiger charge is 2.29. The van der Waals surface area contributed by atoms with Gasteiger partial charge in [0.15, 0.2) is 5.84 Å². The summed E-state index contributed by atoms with van der Waals surface area (Å²) >= 11 is 0. The second kappa shape index (κ2) is 5.99. The first-order chi connectivity index (χ1) is 9.17. The summed E-state index contributed by atoms with van der Waals surface area (Å²) in [5, 5.41) is 20.5. The van der Waals surface area contributed by atoms with Crippen molar-refractivity contribution >= 4 is 5.84 Å². The van der Waals surface area contributed by atoms with E-state index in [9.17, 15) is 4.39 Å². The summed E-state index contributed by atoms with van der Waals surface area (Å²) in [6, 6.07) is 5.26. The lowest BCUT2D eigenvalue weighted by Gasteiger charge is -2.21.